The second-order valence-electron chi connectivity index (χ2n) is 17.0. The second-order valence-corrected chi connectivity index (χ2v) is 17.0. The summed E-state index contributed by atoms with van der Waals surface area (Å²) < 4.78 is 6.08. The van der Waals surface area contributed by atoms with Gasteiger partial charge in [0.05, 0.1) is 26.4 Å². The van der Waals surface area contributed by atoms with Gasteiger partial charge < -0.3 is 35.4 Å². The van der Waals surface area contributed by atoms with Crippen molar-refractivity contribution in [2.45, 2.75) is 91.3 Å². The number of hydrogen-bond acceptors (Lipinski definition) is 9. The van der Waals surface area contributed by atoms with E-state index in [1.165, 1.54) is 6.42 Å². The van der Waals surface area contributed by atoms with Crippen LogP contribution < -0.4 is 20.3 Å². The molecule has 2 aromatic carbocycles. The predicted octanol–water partition coefficient (Wildman–Crippen LogP) is 4.40. The van der Waals surface area contributed by atoms with Crippen molar-refractivity contribution in [3.05, 3.63) is 47.5 Å². The van der Waals surface area contributed by atoms with E-state index in [0.717, 1.165) is 35.3 Å². The third-order valence-corrected chi connectivity index (χ3v) is 12.4. The first-order valence-electron chi connectivity index (χ1n) is 18.9. The van der Waals surface area contributed by atoms with Gasteiger partial charge in [0.15, 0.2) is 0 Å². The fraction of sp³-hybridized carbons (Fsp3) is 0.659. The summed E-state index contributed by atoms with van der Waals surface area (Å²) in [4.78, 5) is 38.3. The van der Waals surface area contributed by atoms with Gasteiger partial charge in [-0.25, -0.2) is 0 Å². The molecule has 4 fully saturated rings. The van der Waals surface area contributed by atoms with Gasteiger partial charge in [-0.2, -0.15) is 5.06 Å². The SMILES string of the molecule is COc1c(CN2O[C@@H](CO)[C@@H]([C@H](C)O)[C@H]2C(=O)N[C@H]2C[C@H]3C[C@@H]([C@@H]2C)C3(C)C)cccc1-c1cc(C(=O)NC(CN(C)C)C(C)C)cc(N(C)C)c1. The monoisotopic (exact) mass is 721 g/mol. The van der Waals surface area contributed by atoms with Crippen LogP contribution in [-0.4, -0.2) is 111 Å². The zero-order chi connectivity index (χ0) is 38.2. The number of nitrogens with zero attached hydrogens (tertiary/aromatic N) is 3. The molecule has 9 atom stereocenters. The normalized spacial score (nSPS) is 27.9. The van der Waals surface area contributed by atoms with E-state index in [2.05, 4.69) is 50.2 Å². The van der Waals surface area contributed by atoms with Gasteiger partial charge in [0, 0.05) is 61.0 Å². The van der Waals surface area contributed by atoms with Gasteiger partial charge in [0.1, 0.15) is 17.9 Å². The largest absolute Gasteiger partial charge is 0.496 e. The number of hydroxylamine groups is 2. The van der Waals surface area contributed by atoms with Gasteiger partial charge in [-0.15, -0.1) is 0 Å². The van der Waals surface area contributed by atoms with Crippen LogP contribution in [0.5, 0.6) is 5.75 Å². The number of nitrogens with one attached hydrogen (secondary N) is 2. The summed E-state index contributed by atoms with van der Waals surface area (Å²) in [6, 6.07) is 10.8. The van der Waals surface area contributed by atoms with E-state index in [-0.39, 0.29) is 48.4 Å². The van der Waals surface area contributed by atoms with E-state index in [9.17, 15) is 19.8 Å². The molecular formula is C41H63N5O6. The van der Waals surface area contributed by atoms with Gasteiger partial charge in [-0.05, 0) is 86.7 Å². The molecule has 3 saturated carbocycles. The van der Waals surface area contributed by atoms with E-state index in [1.54, 1.807) is 19.1 Å². The first-order chi connectivity index (χ1) is 24.5. The lowest BCUT2D eigenvalue weighted by Gasteiger charge is -2.62. The number of carbonyl (C=O) groups excluding carboxylic acids is 2. The average Bonchev–Trinajstić information content (AvgIpc) is 3.46. The quantitative estimate of drug-likeness (QED) is 0.225. The number of benzene rings is 2. The minimum Gasteiger partial charge on any atom is -0.496 e. The molecule has 11 nitrogen and oxygen atoms in total. The number of rotatable bonds is 14. The van der Waals surface area contributed by atoms with Crippen LogP contribution in [0.2, 0.25) is 0 Å². The van der Waals surface area contributed by atoms with Crippen LogP contribution >= 0.6 is 0 Å². The molecule has 0 radical (unpaired) electrons. The zero-order valence-corrected chi connectivity index (χ0v) is 33.1. The molecule has 3 aliphatic carbocycles. The van der Waals surface area contributed by atoms with Crippen LogP contribution in [0, 0.1) is 35.0 Å². The van der Waals surface area contributed by atoms with Gasteiger partial charge in [0.25, 0.3) is 5.91 Å². The summed E-state index contributed by atoms with van der Waals surface area (Å²) in [5, 5.41) is 29.5. The van der Waals surface area contributed by atoms with Crippen molar-refractivity contribution < 1.29 is 29.4 Å². The van der Waals surface area contributed by atoms with Crippen molar-refractivity contribution in [3.8, 4) is 16.9 Å². The van der Waals surface area contributed by atoms with Crippen LogP contribution in [0.25, 0.3) is 11.1 Å². The number of aliphatic hydroxyl groups is 2. The summed E-state index contributed by atoms with van der Waals surface area (Å²) in [5.41, 5.74) is 4.06. The van der Waals surface area contributed by atoms with Crippen LogP contribution in [0.3, 0.4) is 0 Å². The maximum absolute atomic E-state index is 14.2. The number of likely N-dealkylation sites (N-methyl/N-ethyl adjacent to an activating group) is 1. The molecule has 1 heterocycles. The van der Waals surface area contributed by atoms with Crippen LogP contribution in [0.4, 0.5) is 5.69 Å². The number of anilines is 1. The van der Waals surface area contributed by atoms with E-state index < -0.39 is 24.2 Å². The van der Waals surface area contributed by atoms with Crippen LogP contribution in [0.15, 0.2) is 36.4 Å². The molecule has 6 rings (SSSR count). The molecule has 1 unspecified atom stereocenters. The van der Waals surface area contributed by atoms with Crippen molar-refractivity contribution >= 4 is 17.5 Å². The minimum atomic E-state index is -0.895. The summed E-state index contributed by atoms with van der Waals surface area (Å²) in [6.45, 7) is 13.3. The van der Waals surface area contributed by atoms with E-state index in [1.807, 2.05) is 69.5 Å². The molecule has 0 aromatic heterocycles. The van der Waals surface area contributed by atoms with Gasteiger partial charge in [-0.3, -0.25) is 14.4 Å². The number of fused-ring (bicyclic) bond motifs is 2. The molecule has 288 valence electrons. The van der Waals surface area contributed by atoms with Crippen molar-refractivity contribution in [2.24, 2.45) is 35.0 Å². The fourth-order valence-corrected chi connectivity index (χ4v) is 9.05. The van der Waals surface area contributed by atoms with Crippen LogP contribution in [-0.2, 0) is 16.2 Å². The molecule has 11 heteroatoms. The Bertz CT molecular complexity index is 1580. The van der Waals surface area contributed by atoms with E-state index >= 15 is 0 Å². The third kappa shape index (κ3) is 7.99. The van der Waals surface area contributed by atoms with Crippen molar-refractivity contribution in [1.82, 2.24) is 20.6 Å². The molecule has 4 N–H and O–H groups in total. The van der Waals surface area contributed by atoms with Gasteiger partial charge in [0.2, 0.25) is 5.91 Å². The Morgan fingerprint density at radius 3 is 2.37 bits per heavy atom. The maximum atomic E-state index is 14.2. The Morgan fingerprint density at radius 2 is 1.81 bits per heavy atom. The van der Waals surface area contributed by atoms with Gasteiger partial charge >= 0.3 is 0 Å². The fourth-order valence-electron chi connectivity index (χ4n) is 9.05. The third-order valence-electron chi connectivity index (χ3n) is 12.4. The molecule has 2 bridgehead atoms. The summed E-state index contributed by atoms with van der Waals surface area (Å²) >= 11 is 0. The predicted molar refractivity (Wildman–Crippen MR) is 205 cm³/mol. The lowest BCUT2D eigenvalue weighted by Crippen LogP contribution is -2.62. The average molecular weight is 722 g/mol. The van der Waals surface area contributed by atoms with Crippen molar-refractivity contribution in [2.75, 3.05) is 53.4 Å². The highest BCUT2D eigenvalue weighted by atomic mass is 16.7. The lowest BCUT2D eigenvalue weighted by atomic mass is 9.45. The zero-order valence-electron chi connectivity index (χ0n) is 33.1. The van der Waals surface area contributed by atoms with Crippen LogP contribution in [0.1, 0.15) is 70.3 Å². The summed E-state index contributed by atoms with van der Waals surface area (Å²) in [7, 11) is 9.51. The Hall–Kier alpha value is -3.22. The topological polar surface area (TPSA) is 127 Å². The molecular weight excluding hydrogens is 658 g/mol. The highest BCUT2D eigenvalue weighted by Crippen LogP contribution is 2.61. The number of hydrogen-bond donors (Lipinski definition) is 4. The Balaban J connectivity index is 1.45. The molecule has 1 saturated heterocycles. The number of ether oxygens (including phenoxy) is 1. The highest BCUT2D eigenvalue weighted by molar-refractivity contribution is 5.97. The Morgan fingerprint density at radius 1 is 1.10 bits per heavy atom. The van der Waals surface area contributed by atoms with Crippen molar-refractivity contribution in [1.29, 1.82) is 0 Å². The standard InChI is InChI=1S/C41H63N5O6/c1-23(2)34(21-44(7)8)43-39(49)28-15-27(16-30(17-28)45(9)10)31-14-12-13-26(38(31)51-11)20-46-37(36(25(4)48)35(22-47)52-46)40(50)42-33-19-29-18-32(24(33)3)41(29,5)6/h12-17,23-25,29,32-37,47-48H,18-22H2,1-11H3,(H,42,50)(H,43,49)/t24-,25-,29+,32-,33-,34?,35-,36+,37-/m0/s1. The Kier molecular flexibility index (Phi) is 12.3. The summed E-state index contributed by atoms with van der Waals surface area (Å²) in [6.07, 6.45) is 0.494. The molecule has 0 spiro atoms. The number of carbonyl (C=O) groups is 2. The molecule has 2 amide bonds. The second kappa shape index (κ2) is 16.0. The number of aliphatic hydroxyl groups excluding tert-OH is 2. The van der Waals surface area contributed by atoms with E-state index in [0.29, 0.717) is 29.1 Å². The highest BCUT2D eigenvalue weighted by Gasteiger charge is 2.57. The molecule has 1 aliphatic heterocycles. The summed E-state index contributed by atoms with van der Waals surface area (Å²) in [5.74, 6) is 1.33. The molecule has 4 aliphatic rings. The Labute approximate surface area is 311 Å². The van der Waals surface area contributed by atoms with Crippen molar-refractivity contribution in [3.63, 3.8) is 0 Å². The maximum Gasteiger partial charge on any atom is 0.251 e. The first kappa shape index (κ1) is 40.0. The lowest BCUT2D eigenvalue weighted by molar-refractivity contribution is -0.183. The number of para-hydroxylation sites is 1. The minimum absolute atomic E-state index is 0.0236. The molecule has 52 heavy (non-hydrogen) atoms. The first-order valence-corrected chi connectivity index (χ1v) is 18.9. The molecule has 2 aromatic rings. The van der Waals surface area contributed by atoms with Gasteiger partial charge in [-0.1, -0.05) is 52.8 Å². The van der Waals surface area contributed by atoms with E-state index in [4.69, 9.17) is 9.57 Å². The smallest absolute Gasteiger partial charge is 0.251 e. The number of methoxy groups -OCH3 is 1. The number of amides is 2.